The van der Waals surface area contributed by atoms with E-state index in [1.807, 2.05) is 13.8 Å². The fourth-order valence-electron chi connectivity index (χ4n) is 1.70. The third-order valence-electron chi connectivity index (χ3n) is 3.02. The second-order valence-electron chi connectivity index (χ2n) is 5.35. The normalized spacial score (nSPS) is 12.2. The molecule has 0 aliphatic heterocycles. The maximum absolute atomic E-state index is 12.1. The molecule has 0 fully saturated rings. The minimum atomic E-state index is -3.35. The molecule has 0 unspecified atom stereocenters. The van der Waals surface area contributed by atoms with E-state index in [9.17, 15) is 8.42 Å². The largest absolute Gasteiger partial charge is 0.224 e. The highest BCUT2D eigenvalue weighted by atomic mass is 35.5. The molecule has 0 aliphatic rings. The number of nitrogens with zero attached hydrogens (tertiary/aromatic N) is 1. The average molecular weight is 334 g/mol. The van der Waals surface area contributed by atoms with Crippen LogP contribution < -0.4 is 0 Å². The monoisotopic (exact) mass is 333 g/mol. The fourth-order valence-corrected chi connectivity index (χ4v) is 3.46. The van der Waals surface area contributed by atoms with Crippen molar-refractivity contribution in [1.82, 2.24) is 0 Å². The molecule has 6 heteroatoms. The zero-order valence-electron chi connectivity index (χ0n) is 11.5. The van der Waals surface area contributed by atoms with Crippen LogP contribution in [0, 0.1) is 16.7 Å². The maximum Gasteiger partial charge on any atom is 0.178 e. The number of sulfone groups is 1. The minimum absolute atomic E-state index is 0.0481. The molecule has 0 aromatic heterocycles. The summed E-state index contributed by atoms with van der Waals surface area (Å²) in [6.07, 6.45) is 1.90. The highest BCUT2D eigenvalue weighted by molar-refractivity contribution is 7.91. The summed E-state index contributed by atoms with van der Waals surface area (Å²) in [5, 5.41) is 9.46. The Morgan fingerprint density at radius 2 is 1.85 bits per heavy atom. The van der Waals surface area contributed by atoms with E-state index in [2.05, 4.69) is 6.07 Å². The van der Waals surface area contributed by atoms with Crippen LogP contribution in [0.4, 0.5) is 0 Å². The molecule has 0 aliphatic carbocycles. The van der Waals surface area contributed by atoms with Crippen LogP contribution in [0.5, 0.6) is 0 Å². The van der Waals surface area contributed by atoms with Gasteiger partial charge in [0, 0.05) is 0 Å². The quantitative estimate of drug-likeness (QED) is 0.720. The van der Waals surface area contributed by atoms with Gasteiger partial charge in [-0.05, 0) is 44.9 Å². The van der Waals surface area contributed by atoms with Gasteiger partial charge in [-0.3, -0.25) is 0 Å². The summed E-state index contributed by atoms with van der Waals surface area (Å²) in [6, 6.07) is 6.52. The molecule has 0 N–H and O–H groups in total. The number of hydrogen-bond acceptors (Lipinski definition) is 3. The number of hydrogen-bond donors (Lipinski definition) is 0. The summed E-state index contributed by atoms with van der Waals surface area (Å²) in [6.45, 7) is 3.70. The van der Waals surface area contributed by atoms with Gasteiger partial charge in [0.15, 0.2) is 9.84 Å². The number of unbranched alkanes of at least 4 members (excludes halogenated alkanes) is 1. The van der Waals surface area contributed by atoms with E-state index in [1.54, 1.807) is 0 Å². The number of rotatable bonds is 6. The van der Waals surface area contributed by atoms with E-state index in [0.717, 1.165) is 0 Å². The SMILES string of the molecule is CC(C)(C#N)CCCCS(=O)(=O)c1ccc(Cl)c(Cl)c1. The van der Waals surface area contributed by atoms with Crippen molar-refractivity contribution in [3.63, 3.8) is 0 Å². The van der Waals surface area contributed by atoms with Crippen LogP contribution >= 0.6 is 23.2 Å². The van der Waals surface area contributed by atoms with Crippen molar-refractivity contribution in [3.8, 4) is 6.07 Å². The summed E-state index contributed by atoms with van der Waals surface area (Å²) in [5.74, 6) is 0.0481. The van der Waals surface area contributed by atoms with Crippen molar-refractivity contribution >= 4 is 33.0 Å². The summed E-state index contributed by atoms with van der Waals surface area (Å²) in [4.78, 5) is 0.187. The lowest BCUT2D eigenvalue weighted by atomic mass is 9.89. The first kappa shape index (κ1) is 17.3. The predicted octanol–water partition coefficient (Wildman–Crippen LogP) is 4.49. The third-order valence-corrected chi connectivity index (χ3v) is 5.56. The summed E-state index contributed by atoms with van der Waals surface area (Å²) in [5.41, 5.74) is -0.409. The lowest BCUT2D eigenvalue weighted by Crippen LogP contribution is -2.10. The van der Waals surface area contributed by atoms with Gasteiger partial charge in [-0.1, -0.05) is 29.6 Å². The molecule has 0 saturated heterocycles. The van der Waals surface area contributed by atoms with E-state index in [-0.39, 0.29) is 15.7 Å². The van der Waals surface area contributed by atoms with E-state index in [0.29, 0.717) is 24.3 Å². The Labute approximate surface area is 130 Å². The van der Waals surface area contributed by atoms with Crippen LogP contribution in [0.1, 0.15) is 33.1 Å². The van der Waals surface area contributed by atoms with Crippen molar-refractivity contribution in [2.24, 2.45) is 5.41 Å². The zero-order chi connectivity index (χ0) is 15.4. The van der Waals surface area contributed by atoms with Gasteiger partial charge in [-0.25, -0.2) is 8.42 Å². The maximum atomic E-state index is 12.1. The average Bonchev–Trinajstić information content (AvgIpc) is 2.38. The predicted molar refractivity (Wildman–Crippen MR) is 81.8 cm³/mol. The van der Waals surface area contributed by atoms with E-state index < -0.39 is 15.3 Å². The molecular weight excluding hydrogens is 317 g/mol. The van der Waals surface area contributed by atoms with Gasteiger partial charge in [-0.2, -0.15) is 5.26 Å². The molecule has 0 radical (unpaired) electrons. The minimum Gasteiger partial charge on any atom is -0.224 e. The van der Waals surface area contributed by atoms with Crippen LogP contribution in [0.15, 0.2) is 23.1 Å². The van der Waals surface area contributed by atoms with Crippen molar-refractivity contribution in [1.29, 1.82) is 5.26 Å². The molecule has 0 bridgehead atoms. The first-order valence-corrected chi connectivity index (χ1v) is 8.68. The Morgan fingerprint density at radius 1 is 1.20 bits per heavy atom. The molecule has 110 valence electrons. The van der Waals surface area contributed by atoms with Gasteiger partial charge in [0.05, 0.1) is 32.2 Å². The Bertz CT molecular complexity index is 619. The van der Waals surface area contributed by atoms with E-state index in [4.69, 9.17) is 28.5 Å². The van der Waals surface area contributed by atoms with Crippen molar-refractivity contribution in [2.75, 3.05) is 5.75 Å². The van der Waals surface area contributed by atoms with Gasteiger partial charge in [0.1, 0.15) is 0 Å². The lowest BCUT2D eigenvalue weighted by molar-refractivity contribution is 0.431. The number of nitriles is 1. The highest BCUT2D eigenvalue weighted by Crippen LogP contribution is 2.26. The molecule has 1 aromatic rings. The Kier molecular flexibility index (Phi) is 5.88. The molecule has 0 amide bonds. The van der Waals surface area contributed by atoms with Crippen molar-refractivity contribution in [3.05, 3.63) is 28.2 Å². The van der Waals surface area contributed by atoms with Crippen LogP contribution in [-0.2, 0) is 9.84 Å². The van der Waals surface area contributed by atoms with Gasteiger partial charge >= 0.3 is 0 Å². The van der Waals surface area contributed by atoms with Crippen molar-refractivity contribution in [2.45, 2.75) is 38.0 Å². The van der Waals surface area contributed by atoms with E-state index in [1.165, 1.54) is 18.2 Å². The van der Waals surface area contributed by atoms with Gasteiger partial charge in [-0.15, -0.1) is 0 Å². The zero-order valence-corrected chi connectivity index (χ0v) is 13.8. The van der Waals surface area contributed by atoms with Crippen molar-refractivity contribution < 1.29 is 8.42 Å². The fraction of sp³-hybridized carbons (Fsp3) is 0.500. The molecule has 1 rings (SSSR count). The second-order valence-corrected chi connectivity index (χ2v) is 8.27. The van der Waals surface area contributed by atoms with Crippen LogP contribution in [0.3, 0.4) is 0 Å². The Hall–Kier alpha value is -0.760. The van der Waals surface area contributed by atoms with Gasteiger partial charge < -0.3 is 0 Å². The van der Waals surface area contributed by atoms with E-state index >= 15 is 0 Å². The summed E-state index contributed by atoms with van der Waals surface area (Å²) < 4.78 is 24.2. The van der Waals surface area contributed by atoms with Crippen LogP contribution in [-0.4, -0.2) is 14.2 Å². The molecule has 0 heterocycles. The smallest absolute Gasteiger partial charge is 0.178 e. The molecule has 1 aromatic carbocycles. The number of halogens is 2. The van der Waals surface area contributed by atoms with Gasteiger partial charge in [0.2, 0.25) is 0 Å². The topological polar surface area (TPSA) is 57.9 Å². The lowest BCUT2D eigenvalue weighted by Gasteiger charge is -2.14. The molecule has 0 spiro atoms. The summed E-state index contributed by atoms with van der Waals surface area (Å²) in [7, 11) is -3.35. The first-order chi connectivity index (χ1) is 9.18. The van der Waals surface area contributed by atoms with Gasteiger partial charge in [0.25, 0.3) is 0 Å². The molecule has 0 atom stereocenters. The third kappa shape index (κ3) is 4.97. The van der Waals surface area contributed by atoms with Crippen LogP contribution in [0.25, 0.3) is 0 Å². The highest BCUT2D eigenvalue weighted by Gasteiger charge is 2.18. The summed E-state index contributed by atoms with van der Waals surface area (Å²) >= 11 is 11.6. The molecule has 0 saturated carbocycles. The Morgan fingerprint density at radius 3 is 2.40 bits per heavy atom. The standard InChI is InChI=1S/C14H17Cl2NO2S/c1-14(2,10-17)7-3-4-8-20(18,19)11-5-6-12(15)13(16)9-11/h5-6,9H,3-4,7-8H2,1-2H3. The molecular formula is C14H17Cl2NO2S. The number of benzene rings is 1. The second kappa shape index (κ2) is 6.80. The Balaban J connectivity index is 2.63. The molecule has 20 heavy (non-hydrogen) atoms. The first-order valence-electron chi connectivity index (χ1n) is 6.27. The van der Waals surface area contributed by atoms with Crippen LogP contribution in [0.2, 0.25) is 10.0 Å². The molecule has 3 nitrogen and oxygen atoms in total.